The standard InChI is InChI=1S/C4H9NO.C3H9N.C2H6/c1-5-3-2-4-6;1-3-4-2;1-2/h4-5H,2-3H2,1H3;4H,3H2,1-2H3;1-2H3. The summed E-state index contributed by atoms with van der Waals surface area (Å²) in [6, 6.07) is 0. The van der Waals surface area contributed by atoms with Crippen molar-refractivity contribution < 1.29 is 4.79 Å². The summed E-state index contributed by atoms with van der Waals surface area (Å²) in [6.07, 6.45) is 1.52. The lowest BCUT2D eigenvalue weighted by Gasteiger charge is -1.84. The first-order chi connectivity index (χ1) is 5.83. The molecule has 0 spiro atoms. The van der Waals surface area contributed by atoms with E-state index < -0.39 is 0 Å². The Morgan fingerprint density at radius 2 is 1.58 bits per heavy atom. The number of hydrogen-bond donors (Lipinski definition) is 2. The van der Waals surface area contributed by atoms with Gasteiger partial charge in [-0.1, -0.05) is 20.8 Å². The maximum Gasteiger partial charge on any atom is 0.121 e. The zero-order valence-electron chi connectivity index (χ0n) is 9.11. The maximum atomic E-state index is 9.52. The van der Waals surface area contributed by atoms with Gasteiger partial charge in [0.2, 0.25) is 0 Å². The molecule has 3 nitrogen and oxygen atoms in total. The quantitative estimate of drug-likeness (QED) is 0.497. The van der Waals surface area contributed by atoms with Crippen molar-refractivity contribution in [1.82, 2.24) is 10.6 Å². The van der Waals surface area contributed by atoms with Gasteiger partial charge < -0.3 is 15.4 Å². The van der Waals surface area contributed by atoms with Crippen molar-refractivity contribution in [3.63, 3.8) is 0 Å². The first kappa shape index (κ1) is 17.6. The summed E-state index contributed by atoms with van der Waals surface area (Å²) in [5.74, 6) is 0. The van der Waals surface area contributed by atoms with Gasteiger partial charge in [0, 0.05) is 13.0 Å². The topological polar surface area (TPSA) is 41.1 Å². The fourth-order valence-corrected chi connectivity index (χ4v) is 0.203. The van der Waals surface area contributed by atoms with Crippen molar-refractivity contribution >= 4 is 6.29 Å². The van der Waals surface area contributed by atoms with E-state index in [9.17, 15) is 4.79 Å². The van der Waals surface area contributed by atoms with Crippen LogP contribution in [0.25, 0.3) is 0 Å². The molecular weight excluding hydrogens is 152 g/mol. The number of hydrogen-bond acceptors (Lipinski definition) is 3. The number of nitrogens with one attached hydrogen (secondary N) is 2. The highest BCUT2D eigenvalue weighted by Gasteiger charge is 1.72. The van der Waals surface area contributed by atoms with Gasteiger partial charge in [-0.15, -0.1) is 0 Å². The van der Waals surface area contributed by atoms with Crippen LogP contribution in [0.4, 0.5) is 0 Å². The van der Waals surface area contributed by atoms with Gasteiger partial charge in [-0.3, -0.25) is 0 Å². The minimum absolute atomic E-state index is 0.622. The second-order valence-electron chi connectivity index (χ2n) is 1.77. The van der Waals surface area contributed by atoms with E-state index in [4.69, 9.17) is 0 Å². The van der Waals surface area contributed by atoms with E-state index in [1.165, 1.54) is 0 Å². The Morgan fingerprint density at radius 1 is 1.17 bits per heavy atom. The Balaban J connectivity index is -0.000000118. The van der Waals surface area contributed by atoms with Crippen molar-refractivity contribution in [1.29, 1.82) is 0 Å². The van der Waals surface area contributed by atoms with E-state index in [0.717, 1.165) is 19.4 Å². The van der Waals surface area contributed by atoms with Gasteiger partial charge in [-0.25, -0.2) is 0 Å². The van der Waals surface area contributed by atoms with Gasteiger partial charge in [0.15, 0.2) is 0 Å². The molecule has 0 aromatic rings. The van der Waals surface area contributed by atoms with Crippen LogP contribution in [-0.2, 0) is 4.79 Å². The lowest BCUT2D eigenvalue weighted by molar-refractivity contribution is -0.107. The SMILES string of the molecule is CC.CCNC.CNCCC=O. The predicted molar refractivity (Wildman–Crippen MR) is 55.6 cm³/mol. The van der Waals surface area contributed by atoms with Crippen LogP contribution in [0.5, 0.6) is 0 Å². The fourth-order valence-electron chi connectivity index (χ4n) is 0.203. The first-order valence-corrected chi connectivity index (χ1v) is 4.56. The molecule has 0 bridgehead atoms. The van der Waals surface area contributed by atoms with E-state index >= 15 is 0 Å². The Bertz CT molecular complexity index is 56.5. The Hall–Kier alpha value is -0.410. The molecule has 0 aromatic heterocycles. The first-order valence-electron chi connectivity index (χ1n) is 4.56. The molecule has 0 aromatic carbocycles. The second-order valence-corrected chi connectivity index (χ2v) is 1.77. The predicted octanol–water partition coefficient (Wildman–Crippen LogP) is 1.05. The molecule has 3 heteroatoms. The summed E-state index contributed by atoms with van der Waals surface area (Å²) >= 11 is 0. The van der Waals surface area contributed by atoms with Gasteiger partial charge in [0.05, 0.1) is 0 Å². The van der Waals surface area contributed by atoms with E-state index in [2.05, 4.69) is 17.6 Å². The monoisotopic (exact) mass is 176 g/mol. The van der Waals surface area contributed by atoms with Crippen molar-refractivity contribution in [2.45, 2.75) is 27.2 Å². The molecule has 0 saturated heterocycles. The smallest absolute Gasteiger partial charge is 0.121 e. The summed E-state index contributed by atoms with van der Waals surface area (Å²) in [7, 11) is 3.75. The van der Waals surface area contributed by atoms with E-state index in [1.54, 1.807) is 0 Å². The highest BCUT2D eigenvalue weighted by Crippen LogP contribution is 1.59. The molecule has 2 N–H and O–H groups in total. The average molecular weight is 176 g/mol. The van der Waals surface area contributed by atoms with Gasteiger partial charge in [0.25, 0.3) is 0 Å². The summed E-state index contributed by atoms with van der Waals surface area (Å²) in [5, 5.41) is 5.77. The number of carbonyl (C=O) groups excluding carboxylic acids is 1. The highest BCUT2D eigenvalue weighted by molar-refractivity contribution is 5.49. The molecule has 0 atom stereocenters. The summed E-state index contributed by atoms with van der Waals surface area (Å²) < 4.78 is 0. The maximum absolute atomic E-state index is 9.52. The van der Waals surface area contributed by atoms with Gasteiger partial charge in [-0.05, 0) is 20.6 Å². The van der Waals surface area contributed by atoms with Crippen LogP contribution in [0.2, 0.25) is 0 Å². The third-order valence-electron chi connectivity index (χ3n) is 0.866. The zero-order valence-corrected chi connectivity index (χ0v) is 9.11. The van der Waals surface area contributed by atoms with Crippen LogP contribution in [-0.4, -0.2) is 33.5 Å². The molecule has 0 aliphatic rings. The third-order valence-corrected chi connectivity index (χ3v) is 0.866. The van der Waals surface area contributed by atoms with Crippen LogP contribution in [0.3, 0.4) is 0 Å². The third kappa shape index (κ3) is 54.9. The lowest BCUT2D eigenvalue weighted by Crippen LogP contribution is -2.07. The Kier molecular flexibility index (Phi) is 45.8. The van der Waals surface area contributed by atoms with E-state index in [0.29, 0.717) is 6.42 Å². The molecule has 0 aliphatic heterocycles. The van der Waals surface area contributed by atoms with Crippen LogP contribution in [0.1, 0.15) is 27.2 Å². The molecule has 12 heavy (non-hydrogen) atoms. The molecule has 0 unspecified atom stereocenters. The molecule has 0 saturated carbocycles. The molecule has 0 fully saturated rings. The zero-order chi connectivity index (χ0) is 10.2. The molecular formula is C9H24N2O. The van der Waals surface area contributed by atoms with Crippen LogP contribution in [0, 0.1) is 0 Å². The van der Waals surface area contributed by atoms with Crippen molar-refractivity contribution in [3.8, 4) is 0 Å². The molecule has 0 rings (SSSR count). The largest absolute Gasteiger partial charge is 0.320 e. The van der Waals surface area contributed by atoms with Crippen molar-refractivity contribution in [2.24, 2.45) is 0 Å². The van der Waals surface area contributed by atoms with Crippen molar-refractivity contribution in [2.75, 3.05) is 27.2 Å². The minimum Gasteiger partial charge on any atom is -0.320 e. The van der Waals surface area contributed by atoms with E-state index in [-0.39, 0.29) is 0 Å². The molecule has 0 amide bonds. The second kappa shape index (κ2) is 31.2. The molecule has 76 valence electrons. The van der Waals surface area contributed by atoms with Crippen LogP contribution in [0.15, 0.2) is 0 Å². The van der Waals surface area contributed by atoms with E-state index in [1.807, 2.05) is 27.9 Å². The molecule has 0 heterocycles. The van der Waals surface area contributed by atoms with Crippen molar-refractivity contribution in [3.05, 3.63) is 0 Å². The highest BCUT2D eigenvalue weighted by atomic mass is 16.1. The lowest BCUT2D eigenvalue weighted by atomic mass is 10.5. The normalized spacial score (nSPS) is 7.08. The number of aldehydes is 1. The van der Waals surface area contributed by atoms with Gasteiger partial charge in [-0.2, -0.15) is 0 Å². The summed E-state index contributed by atoms with van der Waals surface area (Å²) in [4.78, 5) is 9.52. The average Bonchev–Trinajstić information content (AvgIpc) is 2.18. The van der Waals surface area contributed by atoms with Crippen LogP contribution < -0.4 is 10.6 Å². The molecule has 0 aliphatic carbocycles. The fraction of sp³-hybridized carbons (Fsp3) is 0.889. The Morgan fingerprint density at radius 3 is 1.67 bits per heavy atom. The number of rotatable bonds is 4. The van der Waals surface area contributed by atoms with Gasteiger partial charge in [0.1, 0.15) is 6.29 Å². The number of carbonyl (C=O) groups is 1. The summed E-state index contributed by atoms with van der Waals surface area (Å²) in [6.45, 7) is 7.93. The van der Waals surface area contributed by atoms with Gasteiger partial charge >= 0.3 is 0 Å². The van der Waals surface area contributed by atoms with Crippen LogP contribution >= 0.6 is 0 Å². The molecule has 0 radical (unpaired) electrons. The summed E-state index contributed by atoms with van der Waals surface area (Å²) in [5.41, 5.74) is 0. The minimum atomic E-state index is 0.622. The Labute approximate surface area is 76.9 Å².